The number of carbonyl (C=O) groups is 1. The maximum atomic E-state index is 13.6. The highest BCUT2D eigenvalue weighted by Crippen LogP contribution is 2.31. The Balaban J connectivity index is 1.29. The molecule has 0 atom stereocenters. The molecule has 0 aromatic heterocycles. The molecular formula is C35H38N2O3. The lowest BCUT2D eigenvalue weighted by atomic mass is 9.96. The van der Waals surface area contributed by atoms with Crippen molar-refractivity contribution in [1.82, 2.24) is 9.80 Å². The number of nitrogens with zero attached hydrogens (tertiary/aromatic N) is 2. The molecule has 206 valence electrons. The van der Waals surface area contributed by atoms with E-state index in [1.54, 1.807) is 7.11 Å². The van der Waals surface area contributed by atoms with Gasteiger partial charge in [-0.2, -0.15) is 0 Å². The number of methoxy groups -OCH3 is 1. The van der Waals surface area contributed by atoms with Gasteiger partial charge < -0.3 is 14.4 Å². The van der Waals surface area contributed by atoms with Crippen LogP contribution in [0.25, 0.3) is 0 Å². The first-order valence-electron chi connectivity index (χ1n) is 14.1. The van der Waals surface area contributed by atoms with Gasteiger partial charge in [-0.05, 0) is 46.9 Å². The average molecular weight is 535 g/mol. The van der Waals surface area contributed by atoms with Crippen molar-refractivity contribution in [3.8, 4) is 11.5 Å². The van der Waals surface area contributed by atoms with Crippen LogP contribution in [0.3, 0.4) is 0 Å². The van der Waals surface area contributed by atoms with Crippen molar-refractivity contribution in [2.45, 2.75) is 32.4 Å². The molecule has 0 saturated carbocycles. The molecule has 0 radical (unpaired) electrons. The second-order valence-electron chi connectivity index (χ2n) is 10.6. The second kappa shape index (κ2) is 12.8. The zero-order chi connectivity index (χ0) is 27.9. The number of piperazine rings is 1. The number of ether oxygens (including phenoxy) is 2. The maximum absolute atomic E-state index is 13.6. The molecule has 1 aliphatic heterocycles. The molecule has 4 aromatic rings. The zero-order valence-corrected chi connectivity index (χ0v) is 23.6. The van der Waals surface area contributed by atoms with Crippen molar-refractivity contribution in [1.29, 1.82) is 0 Å². The summed E-state index contributed by atoms with van der Waals surface area (Å²) in [7, 11) is 1.65. The first kappa shape index (κ1) is 27.5. The number of hydrogen-bond donors (Lipinski definition) is 0. The lowest BCUT2D eigenvalue weighted by Crippen LogP contribution is -2.49. The highest BCUT2D eigenvalue weighted by atomic mass is 16.5. The molecule has 1 aliphatic rings. The van der Waals surface area contributed by atoms with Gasteiger partial charge in [0, 0.05) is 37.3 Å². The molecule has 40 heavy (non-hydrogen) atoms. The molecule has 1 amide bonds. The van der Waals surface area contributed by atoms with Crippen LogP contribution in [0.4, 0.5) is 0 Å². The van der Waals surface area contributed by atoms with Crippen molar-refractivity contribution in [2.75, 3.05) is 33.3 Å². The number of hydrogen-bond acceptors (Lipinski definition) is 4. The van der Waals surface area contributed by atoms with Crippen LogP contribution in [-0.4, -0.2) is 49.0 Å². The minimum atomic E-state index is 0.0436. The summed E-state index contributed by atoms with van der Waals surface area (Å²) in [5.41, 5.74) is 5.22. The Hall–Kier alpha value is -4.09. The number of para-hydroxylation sites is 1. The van der Waals surface area contributed by atoms with E-state index in [1.807, 2.05) is 41.3 Å². The van der Waals surface area contributed by atoms with Gasteiger partial charge in [0.25, 0.3) is 5.91 Å². The van der Waals surface area contributed by atoms with Gasteiger partial charge in [0.2, 0.25) is 0 Å². The topological polar surface area (TPSA) is 42.0 Å². The largest absolute Gasteiger partial charge is 0.496 e. The van der Waals surface area contributed by atoms with E-state index in [2.05, 4.69) is 85.5 Å². The maximum Gasteiger partial charge on any atom is 0.253 e. The lowest BCUT2D eigenvalue weighted by Gasteiger charge is -2.40. The first-order chi connectivity index (χ1) is 19.5. The predicted molar refractivity (Wildman–Crippen MR) is 160 cm³/mol. The van der Waals surface area contributed by atoms with E-state index in [-0.39, 0.29) is 11.9 Å². The summed E-state index contributed by atoms with van der Waals surface area (Å²) in [6.07, 6.45) is 0. The Labute approximate surface area is 238 Å². The number of benzene rings is 4. The summed E-state index contributed by atoms with van der Waals surface area (Å²) in [4.78, 5) is 18.1. The summed E-state index contributed by atoms with van der Waals surface area (Å²) in [5, 5.41) is 0. The van der Waals surface area contributed by atoms with Crippen molar-refractivity contribution < 1.29 is 14.3 Å². The standard InChI is InChI=1S/C35H38N2O3/c1-26(2)31-16-10-11-17-33(31)40-25-30-24-29(18-19-32(30)39-3)35(38)37-22-20-36(21-23-37)34(27-12-6-4-7-13-27)28-14-8-5-9-15-28/h4-19,24,26,34H,20-23,25H2,1-3H3. The van der Waals surface area contributed by atoms with Gasteiger partial charge in [-0.25, -0.2) is 0 Å². The lowest BCUT2D eigenvalue weighted by molar-refractivity contribution is 0.0597. The summed E-state index contributed by atoms with van der Waals surface area (Å²) in [5.74, 6) is 1.98. The van der Waals surface area contributed by atoms with Crippen LogP contribution in [0.2, 0.25) is 0 Å². The number of rotatable bonds is 9. The fourth-order valence-corrected chi connectivity index (χ4v) is 5.52. The van der Waals surface area contributed by atoms with E-state index in [1.165, 1.54) is 11.1 Å². The van der Waals surface area contributed by atoms with Gasteiger partial charge in [0.15, 0.2) is 0 Å². The normalized spacial score (nSPS) is 14.0. The van der Waals surface area contributed by atoms with Crippen molar-refractivity contribution in [3.63, 3.8) is 0 Å². The van der Waals surface area contributed by atoms with Crippen LogP contribution in [0.15, 0.2) is 103 Å². The zero-order valence-electron chi connectivity index (χ0n) is 23.6. The Morgan fingerprint density at radius 1 is 0.750 bits per heavy atom. The molecule has 1 heterocycles. The van der Waals surface area contributed by atoms with Crippen molar-refractivity contribution in [3.05, 3.63) is 131 Å². The van der Waals surface area contributed by atoms with E-state index in [4.69, 9.17) is 9.47 Å². The summed E-state index contributed by atoms with van der Waals surface area (Å²) in [6, 6.07) is 35.2. The fourth-order valence-electron chi connectivity index (χ4n) is 5.52. The van der Waals surface area contributed by atoms with Crippen LogP contribution in [-0.2, 0) is 6.61 Å². The molecule has 4 aromatic carbocycles. The van der Waals surface area contributed by atoms with E-state index in [0.717, 1.165) is 35.7 Å². The SMILES string of the molecule is COc1ccc(C(=O)N2CCN(C(c3ccccc3)c3ccccc3)CC2)cc1COc1ccccc1C(C)C. The first-order valence-corrected chi connectivity index (χ1v) is 14.1. The van der Waals surface area contributed by atoms with E-state index in [9.17, 15) is 4.79 Å². The fraction of sp³-hybridized carbons (Fsp3) is 0.286. The monoisotopic (exact) mass is 534 g/mol. The summed E-state index contributed by atoms with van der Waals surface area (Å²) in [6.45, 7) is 7.60. The minimum absolute atomic E-state index is 0.0436. The second-order valence-corrected chi connectivity index (χ2v) is 10.6. The average Bonchev–Trinajstić information content (AvgIpc) is 3.01. The van der Waals surface area contributed by atoms with Crippen LogP contribution >= 0.6 is 0 Å². The molecule has 5 heteroatoms. The predicted octanol–water partition coefficient (Wildman–Crippen LogP) is 6.95. The molecule has 0 unspecified atom stereocenters. The van der Waals surface area contributed by atoms with Crippen molar-refractivity contribution in [2.24, 2.45) is 0 Å². The van der Waals surface area contributed by atoms with E-state index in [0.29, 0.717) is 31.2 Å². The van der Waals surface area contributed by atoms with Crippen LogP contribution in [0.5, 0.6) is 11.5 Å². The Morgan fingerprint density at radius 3 is 1.95 bits per heavy atom. The van der Waals surface area contributed by atoms with Crippen LogP contribution < -0.4 is 9.47 Å². The third-order valence-electron chi connectivity index (χ3n) is 7.65. The summed E-state index contributed by atoms with van der Waals surface area (Å²) < 4.78 is 11.8. The van der Waals surface area contributed by atoms with Crippen LogP contribution in [0, 0.1) is 0 Å². The van der Waals surface area contributed by atoms with E-state index >= 15 is 0 Å². The Morgan fingerprint density at radius 2 is 1.35 bits per heavy atom. The van der Waals surface area contributed by atoms with Gasteiger partial charge in [-0.3, -0.25) is 9.69 Å². The quantitative estimate of drug-likeness (QED) is 0.233. The van der Waals surface area contributed by atoms with Gasteiger partial charge in [-0.15, -0.1) is 0 Å². The van der Waals surface area contributed by atoms with E-state index < -0.39 is 0 Å². The van der Waals surface area contributed by atoms with Crippen molar-refractivity contribution >= 4 is 5.91 Å². The third kappa shape index (κ3) is 6.21. The van der Waals surface area contributed by atoms with Gasteiger partial charge >= 0.3 is 0 Å². The Bertz CT molecular complexity index is 1360. The molecule has 5 nitrogen and oxygen atoms in total. The Kier molecular flexibility index (Phi) is 8.82. The smallest absolute Gasteiger partial charge is 0.253 e. The van der Waals surface area contributed by atoms with Crippen LogP contribution in [0.1, 0.15) is 58.4 Å². The third-order valence-corrected chi connectivity index (χ3v) is 7.65. The molecule has 1 saturated heterocycles. The molecule has 0 spiro atoms. The van der Waals surface area contributed by atoms with Gasteiger partial charge in [0.05, 0.1) is 13.2 Å². The molecule has 5 rings (SSSR count). The molecule has 0 aliphatic carbocycles. The number of carbonyl (C=O) groups excluding carboxylic acids is 1. The summed E-state index contributed by atoms with van der Waals surface area (Å²) >= 11 is 0. The molecule has 1 fully saturated rings. The molecule has 0 bridgehead atoms. The van der Waals surface area contributed by atoms with Gasteiger partial charge in [0.1, 0.15) is 18.1 Å². The number of amides is 1. The highest BCUT2D eigenvalue weighted by molar-refractivity contribution is 5.94. The molecule has 0 N–H and O–H groups in total. The minimum Gasteiger partial charge on any atom is -0.496 e. The highest BCUT2D eigenvalue weighted by Gasteiger charge is 2.29. The van der Waals surface area contributed by atoms with Gasteiger partial charge in [-0.1, -0.05) is 92.7 Å². The molecular weight excluding hydrogens is 496 g/mol.